The van der Waals surface area contributed by atoms with Crippen molar-refractivity contribution in [2.24, 2.45) is 0 Å². The Kier molecular flexibility index (Phi) is 9.17. The van der Waals surface area contributed by atoms with Crippen molar-refractivity contribution in [1.29, 1.82) is 5.26 Å². The quantitative estimate of drug-likeness (QED) is 0.381. The number of halogens is 2. The molecule has 1 N–H and O–H groups in total. The molecule has 1 aliphatic rings. The molecule has 0 saturated carbocycles. The number of hydrogen-bond donors (Lipinski definition) is 1. The zero-order chi connectivity index (χ0) is 32.4. The van der Waals surface area contributed by atoms with E-state index in [4.69, 9.17) is 9.47 Å². The van der Waals surface area contributed by atoms with Crippen molar-refractivity contribution in [2.75, 3.05) is 31.4 Å². The standard InChI is InChI=1S/C29H34F2N6O6S/c1-6-35(5)44(40,41)34-24-10-8-22(30)25(21(24)16-32)42-19-7-9-23-20(15-19)26(38)37(18-33-23)17-29(31)11-13-36(14-12-29)27(39)43-28(2,3)4/h7-10,15,18,34H,6,11-14,17H2,1-5H3. The second-order valence-electron chi connectivity index (χ2n) is 11.5. The zero-order valence-electron chi connectivity index (χ0n) is 25.1. The van der Waals surface area contributed by atoms with Gasteiger partial charge in [-0.15, -0.1) is 0 Å². The third-order valence-electron chi connectivity index (χ3n) is 7.10. The van der Waals surface area contributed by atoms with Gasteiger partial charge in [-0.05, 0) is 51.1 Å². The van der Waals surface area contributed by atoms with Gasteiger partial charge in [-0.1, -0.05) is 6.92 Å². The molecule has 3 aromatic rings. The Morgan fingerprint density at radius 3 is 2.52 bits per heavy atom. The van der Waals surface area contributed by atoms with Crippen molar-refractivity contribution in [3.05, 3.63) is 58.4 Å². The molecule has 2 aromatic carbocycles. The van der Waals surface area contributed by atoms with E-state index in [0.717, 1.165) is 21.0 Å². The number of nitrogens with zero attached hydrogens (tertiary/aromatic N) is 5. The number of ether oxygens (including phenoxy) is 2. The molecular weight excluding hydrogens is 598 g/mol. The number of aromatic nitrogens is 2. The van der Waals surface area contributed by atoms with Gasteiger partial charge in [0.1, 0.15) is 28.7 Å². The number of nitrogens with one attached hydrogen (secondary N) is 1. The monoisotopic (exact) mass is 632 g/mol. The lowest BCUT2D eigenvalue weighted by molar-refractivity contribution is -0.000807. The molecule has 0 radical (unpaired) electrons. The average Bonchev–Trinajstić information content (AvgIpc) is 2.95. The Morgan fingerprint density at radius 2 is 1.91 bits per heavy atom. The number of hydrogen-bond acceptors (Lipinski definition) is 8. The van der Waals surface area contributed by atoms with Crippen LogP contribution < -0.4 is 15.0 Å². The van der Waals surface area contributed by atoms with E-state index in [0.29, 0.717) is 0 Å². The van der Waals surface area contributed by atoms with Gasteiger partial charge in [0, 0.05) is 39.5 Å². The maximum atomic E-state index is 15.8. The largest absolute Gasteiger partial charge is 0.453 e. The lowest BCUT2D eigenvalue weighted by Gasteiger charge is -2.37. The number of carbonyl (C=O) groups excluding carboxylic acids is 1. The van der Waals surface area contributed by atoms with Gasteiger partial charge in [-0.2, -0.15) is 18.0 Å². The second-order valence-corrected chi connectivity index (χ2v) is 13.3. The molecule has 1 amide bonds. The van der Waals surface area contributed by atoms with E-state index < -0.39 is 50.3 Å². The number of nitriles is 1. The number of likely N-dealkylation sites (tertiary alicyclic amines) is 1. The summed E-state index contributed by atoms with van der Waals surface area (Å²) in [6, 6.07) is 7.98. The first-order valence-corrected chi connectivity index (χ1v) is 15.3. The Labute approximate surface area is 254 Å². The number of piperidine rings is 1. The summed E-state index contributed by atoms with van der Waals surface area (Å²) in [6.07, 6.45) is 0.696. The molecule has 0 spiro atoms. The van der Waals surface area contributed by atoms with Crippen LogP contribution in [0.2, 0.25) is 0 Å². The van der Waals surface area contributed by atoms with Crippen molar-refractivity contribution >= 4 is 32.9 Å². The van der Waals surface area contributed by atoms with Crippen LogP contribution >= 0.6 is 0 Å². The summed E-state index contributed by atoms with van der Waals surface area (Å²) in [7, 11) is -2.69. The fourth-order valence-corrected chi connectivity index (χ4v) is 5.50. The van der Waals surface area contributed by atoms with E-state index in [2.05, 4.69) is 9.71 Å². The first-order valence-electron chi connectivity index (χ1n) is 13.9. The predicted molar refractivity (Wildman–Crippen MR) is 159 cm³/mol. The topological polar surface area (TPSA) is 147 Å². The lowest BCUT2D eigenvalue weighted by Crippen LogP contribution is -2.48. The highest BCUT2D eigenvalue weighted by atomic mass is 32.2. The molecule has 1 aromatic heterocycles. The van der Waals surface area contributed by atoms with Gasteiger partial charge < -0.3 is 14.4 Å². The predicted octanol–water partition coefficient (Wildman–Crippen LogP) is 4.55. The van der Waals surface area contributed by atoms with Crippen LogP contribution in [-0.4, -0.2) is 71.2 Å². The molecule has 0 unspecified atom stereocenters. The van der Waals surface area contributed by atoms with E-state index in [1.807, 2.05) is 0 Å². The Bertz CT molecular complexity index is 1780. The minimum absolute atomic E-state index is 0.00969. The van der Waals surface area contributed by atoms with Crippen LogP contribution in [0.5, 0.6) is 11.5 Å². The molecule has 1 saturated heterocycles. The van der Waals surface area contributed by atoms with Gasteiger partial charge >= 0.3 is 16.3 Å². The number of anilines is 1. The molecule has 0 atom stereocenters. The number of alkyl halides is 1. The maximum Gasteiger partial charge on any atom is 0.410 e. The summed E-state index contributed by atoms with van der Waals surface area (Å²) in [6.45, 7) is 6.95. The van der Waals surface area contributed by atoms with Gasteiger partial charge in [-0.3, -0.25) is 14.1 Å². The number of carbonyl (C=O) groups is 1. The minimum atomic E-state index is -4.02. The van der Waals surface area contributed by atoms with Gasteiger partial charge in [0.25, 0.3) is 5.56 Å². The SMILES string of the molecule is CCN(C)S(=O)(=O)Nc1ccc(F)c(Oc2ccc3ncn(CC4(F)CCN(C(=O)OC(C)(C)C)CC4)c(=O)c3c2)c1C#N. The van der Waals surface area contributed by atoms with Crippen LogP contribution in [0.25, 0.3) is 10.9 Å². The third-order valence-corrected chi connectivity index (χ3v) is 8.65. The molecule has 44 heavy (non-hydrogen) atoms. The average molecular weight is 633 g/mol. The van der Waals surface area contributed by atoms with Crippen molar-refractivity contribution in [3.63, 3.8) is 0 Å². The fourth-order valence-electron chi connectivity index (χ4n) is 4.55. The molecule has 1 aliphatic heterocycles. The Hall–Kier alpha value is -4.29. The van der Waals surface area contributed by atoms with Crippen LogP contribution in [0.3, 0.4) is 0 Å². The fraction of sp³-hybridized carbons (Fsp3) is 0.448. The smallest absolute Gasteiger partial charge is 0.410 e. The van der Waals surface area contributed by atoms with Crippen LogP contribution in [0.15, 0.2) is 41.5 Å². The number of rotatable bonds is 8. The van der Waals surface area contributed by atoms with Gasteiger partial charge in [-0.25, -0.2) is 18.6 Å². The van der Waals surface area contributed by atoms with Gasteiger partial charge in [0.15, 0.2) is 11.6 Å². The molecule has 2 heterocycles. The Morgan fingerprint density at radius 1 is 1.23 bits per heavy atom. The van der Waals surface area contributed by atoms with Crippen LogP contribution in [-0.2, 0) is 21.5 Å². The van der Waals surface area contributed by atoms with Crippen molar-refractivity contribution in [3.8, 4) is 17.6 Å². The van der Waals surface area contributed by atoms with Gasteiger partial charge in [0.05, 0.1) is 29.5 Å². The maximum absolute atomic E-state index is 15.8. The highest BCUT2D eigenvalue weighted by Gasteiger charge is 2.38. The van der Waals surface area contributed by atoms with E-state index in [9.17, 15) is 27.7 Å². The molecule has 12 nitrogen and oxygen atoms in total. The minimum Gasteiger partial charge on any atom is -0.453 e. The summed E-state index contributed by atoms with van der Waals surface area (Å²) in [5.74, 6) is -1.51. The summed E-state index contributed by atoms with van der Waals surface area (Å²) >= 11 is 0. The first-order chi connectivity index (χ1) is 20.6. The third kappa shape index (κ3) is 7.25. The summed E-state index contributed by atoms with van der Waals surface area (Å²) in [4.78, 5) is 31.4. The van der Waals surface area contributed by atoms with Crippen molar-refractivity contribution < 1.29 is 31.5 Å². The molecule has 1 fully saturated rings. The highest BCUT2D eigenvalue weighted by Crippen LogP contribution is 2.34. The van der Waals surface area contributed by atoms with E-state index >= 15 is 4.39 Å². The van der Waals surface area contributed by atoms with Crippen LogP contribution in [0, 0.1) is 17.1 Å². The van der Waals surface area contributed by atoms with E-state index in [1.165, 1.54) is 36.5 Å². The Balaban J connectivity index is 1.58. The molecular formula is C29H34F2N6O6S. The van der Waals surface area contributed by atoms with Crippen molar-refractivity contribution in [2.45, 2.75) is 58.4 Å². The van der Waals surface area contributed by atoms with Crippen LogP contribution in [0.4, 0.5) is 19.3 Å². The first kappa shape index (κ1) is 32.6. The summed E-state index contributed by atoms with van der Waals surface area (Å²) in [5, 5.41) is 9.81. The lowest BCUT2D eigenvalue weighted by atomic mass is 9.93. The molecule has 0 aliphatic carbocycles. The number of fused-ring (bicyclic) bond motifs is 1. The normalized spacial score (nSPS) is 15.2. The summed E-state index contributed by atoms with van der Waals surface area (Å²) in [5.41, 5.74) is -3.36. The zero-order valence-corrected chi connectivity index (χ0v) is 25.9. The number of amides is 1. The highest BCUT2D eigenvalue weighted by molar-refractivity contribution is 7.90. The molecule has 15 heteroatoms. The number of benzene rings is 2. The summed E-state index contributed by atoms with van der Waals surface area (Å²) < 4.78 is 71.1. The van der Waals surface area contributed by atoms with Gasteiger partial charge in [0.2, 0.25) is 0 Å². The molecule has 236 valence electrons. The second kappa shape index (κ2) is 12.4. The van der Waals surface area contributed by atoms with E-state index in [-0.39, 0.29) is 61.4 Å². The van der Waals surface area contributed by atoms with E-state index in [1.54, 1.807) is 33.8 Å². The molecule has 0 bridgehead atoms. The van der Waals surface area contributed by atoms with Crippen LogP contribution in [0.1, 0.15) is 46.1 Å². The van der Waals surface area contributed by atoms with Crippen molar-refractivity contribution in [1.82, 2.24) is 18.8 Å². The molecule has 4 rings (SSSR count).